The Morgan fingerprint density at radius 1 is 1.44 bits per heavy atom. The van der Waals surface area contributed by atoms with Gasteiger partial charge in [-0.2, -0.15) is 0 Å². The normalized spacial score (nSPS) is 12.3. The van der Waals surface area contributed by atoms with Crippen LogP contribution < -0.4 is 5.73 Å². The van der Waals surface area contributed by atoms with Gasteiger partial charge >= 0.3 is 0 Å². The van der Waals surface area contributed by atoms with Crippen molar-refractivity contribution in [1.29, 1.82) is 0 Å². The number of hydrogen-bond acceptors (Lipinski definition) is 3. The van der Waals surface area contributed by atoms with Crippen LogP contribution in [-0.2, 0) is 10.0 Å². The quantitative estimate of drug-likeness (QED) is 0.674. The molecule has 6 heteroatoms. The second-order valence-corrected chi connectivity index (χ2v) is 6.90. The minimum atomic E-state index is -3.15. The van der Waals surface area contributed by atoms with Crippen LogP contribution in [0.5, 0.6) is 0 Å². The van der Waals surface area contributed by atoms with Crippen molar-refractivity contribution in [2.24, 2.45) is 11.7 Å². The average molecular weight is 266 g/mol. The highest BCUT2D eigenvalue weighted by Gasteiger charge is 2.21. The number of hydrogen-bond donors (Lipinski definition) is 1. The van der Waals surface area contributed by atoms with Crippen LogP contribution in [0.4, 0.5) is 0 Å². The van der Waals surface area contributed by atoms with Crippen LogP contribution in [0.2, 0.25) is 0 Å². The van der Waals surface area contributed by atoms with Gasteiger partial charge in [-0.05, 0) is 12.3 Å². The minimum absolute atomic E-state index is 0.192. The summed E-state index contributed by atoms with van der Waals surface area (Å²) in [5, 5.41) is 0. The predicted octanol–water partition coefficient (Wildman–Crippen LogP) is 1.36. The lowest BCUT2D eigenvalue weighted by Crippen LogP contribution is -2.37. The van der Waals surface area contributed by atoms with E-state index >= 15 is 0 Å². The summed E-state index contributed by atoms with van der Waals surface area (Å²) < 4.78 is 25.3. The first-order valence-corrected chi connectivity index (χ1v) is 7.57. The number of rotatable bonds is 8. The highest BCUT2D eigenvalue weighted by Crippen LogP contribution is 2.08. The van der Waals surface area contributed by atoms with E-state index in [0.29, 0.717) is 36.8 Å². The molecule has 0 saturated carbocycles. The lowest BCUT2D eigenvalue weighted by molar-refractivity contribution is 0.374. The average Bonchev–Trinajstić information content (AvgIpc) is 2.11. The Labute approximate surface area is 104 Å². The molecular formula is C10H22N2O2S2. The molecule has 0 saturated heterocycles. The van der Waals surface area contributed by atoms with Gasteiger partial charge in [-0.15, -0.1) is 0 Å². The molecule has 0 aromatic heterocycles. The molecule has 0 aliphatic rings. The Kier molecular flexibility index (Phi) is 7.10. The molecule has 0 fully saturated rings. The van der Waals surface area contributed by atoms with Crippen molar-refractivity contribution in [1.82, 2.24) is 4.31 Å². The zero-order valence-electron chi connectivity index (χ0n) is 10.3. The molecule has 0 radical (unpaired) electrons. The summed E-state index contributed by atoms with van der Waals surface area (Å²) in [6.07, 6.45) is 1.08. The van der Waals surface area contributed by atoms with Gasteiger partial charge in [0.05, 0.1) is 10.7 Å². The molecule has 2 N–H and O–H groups in total. The fourth-order valence-corrected chi connectivity index (χ4v) is 3.13. The van der Waals surface area contributed by atoms with Gasteiger partial charge in [-0.3, -0.25) is 0 Å². The summed E-state index contributed by atoms with van der Waals surface area (Å²) in [6.45, 7) is 6.78. The van der Waals surface area contributed by atoms with Crippen molar-refractivity contribution >= 4 is 27.2 Å². The maximum absolute atomic E-state index is 11.9. The SMILES string of the molecule is CCCS(=O)(=O)N(CCC(N)=S)CC(C)C. The summed E-state index contributed by atoms with van der Waals surface area (Å²) in [7, 11) is -3.15. The standard InChI is InChI=1S/C10H22N2O2S2/c1-4-7-16(13,14)12(8-9(2)3)6-5-10(11)15/h9H,4-8H2,1-3H3,(H2,11,15). The van der Waals surface area contributed by atoms with Crippen molar-refractivity contribution in [2.75, 3.05) is 18.8 Å². The third-order valence-electron chi connectivity index (χ3n) is 2.03. The first-order valence-electron chi connectivity index (χ1n) is 5.55. The Morgan fingerprint density at radius 3 is 2.38 bits per heavy atom. The van der Waals surface area contributed by atoms with Crippen molar-refractivity contribution in [3.63, 3.8) is 0 Å². The third kappa shape index (κ3) is 6.40. The van der Waals surface area contributed by atoms with E-state index in [2.05, 4.69) is 0 Å². The Bertz CT molecular complexity index is 313. The number of sulfonamides is 1. The van der Waals surface area contributed by atoms with Gasteiger partial charge in [-0.1, -0.05) is 33.0 Å². The molecule has 0 unspecified atom stereocenters. The number of nitrogens with zero attached hydrogens (tertiary/aromatic N) is 1. The number of thiocarbonyl (C=S) groups is 1. The van der Waals surface area contributed by atoms with E-state index in [4.69, 9.17) is 18.0 Å². The molecule has 0 atom stereocenters. The van der Waals surface area contributed by atoms with Crippen molar-refractivity contribution in [3.8, 4) is 0 Å². The Hall–Kier alpha value is -0.200. The zero-order chi connectivity index (χ0) is 12.8. The van der Waals surface area contributed by atoms with Gasteiger partial charge in [0.25, 0.3) is 0 Å². The molecule has 0 aromatic rings. The molecule has 0 heterocycles. The largest absolute Gasteiger partial charge is 0.393 e. The van der Waals surface area contributed by atoms with Gasteiger partial charge in [0.15, 0.2) is 0 Å². The van der Waals surface area contributed by atoms with Crippen LogP contribution in [0.3, 0.4) is 0 Å². The second kappa shape index (κ2) is 7.19. The molecule has 4 nitrogen and oxygen atoms in total. The van der Waals surface area contributed by atoms with E-state index in [0.717, 1.165) is 0 Å². The van der Waals surface area contributed by atoms with Crippen LogP contribution in [0, 0.1) is 5.92 Å². The summed E-state index contributed by atoms with van der Waals surface area (Å²) in [6, 6.07) is 0. The van der Waals surface area contributed by atoms with Gasteiger partial charge in [0, 0.05) is 19.5 Å². The van der Waals surface area contributed by atoms with Crippen molar-refractivity contribution in [2.45, 2.75) is 33.6 Å². The topological polar surface area (TPSA) is 63.4 Å². The molecule has 0 amide bonds. The second-order valence-electron chi connectivity index (χ2n) is 4.28. The summed E-state index contributed by atoms with van der Waals surface area (Å²) >= 11 is 4.77. The highest BCUT2D eigenvalue weighted by atomic mass is 32.2. The molecule has 96 valence electrons. The van der Waals surface area contributed by atoms with E-state index in [1.807, 2.05) is 20.8 Å². The lowest BCUT2D eigenvalue weighted by Gasteiger charge is -2.23. The van der Waals surface area contributed by atoms with E-state index in [1.165, 1.54) is 4.31 Å². The molecule has 0 aliphatic heterocycles. The molecule has 0 spiro atoms. The molecular weight excluding hydrogens is 244 g/mol. The van der Waals surface area contributed by atoms with Gasteiger partial charge in [0.2, 0.25) is 10.0 Å². The molecule has 0 aromatic carbocycles. The highest BCUT2D eigenvalue weighted by molar-refractivity contribution is 7.89. The molecule has 0 bridgehead atoms. The van der Waals surface area contributed by atoms with Gasteiger partial charge in [0.1, 0.15) is 0 Å². The van der Waals surface area contributed by atoms with Crippen molar-refractivity contribution in [3.05, 3.63) is 0 Å². The minimum Gasteiger partial charge on any atom is -0.393 e. The first kappa shape index (κ1) is 15.8. The third-order valence-corrected chi connectivity index (χ3v) is 4.28. The monoisotopic (exact) mass is 266 g/mol. The van der Waals surface area contributed by atoms with Crippen LogP contribution in [0.25, 0.3) is 0 Å². The van der Waals surface area contributed by atoms with Crippen LogP contribution in [-0.4, -0.2) is 36.6 Å². The summed E-state index contributed by atoms with van der Waals surface area (Å²) in [4.78, 5) is 0.362. The fraction of sp³-hybridized carbons (Fsp3) is 0.900. The molecule has 0 aliphatic carbocycles. The van der Waals surface area contributed by atoms with Crippen LogP contribution in [0.15, 0.2) is 0 Å². The van der Waals surface area contributed by atoms with E-state index < -0.39 is 10.0 Å². The maximum atomic E-state index is 11.9. The van der Waals surface area contributed by atoms with Crippen LogP contribution in [0.1, 0.15) is 33.6 Å². The zero-order valence-corrected chi connectivity index (χ0v) is 11.9. The molecule has 0 rings (SSSR count). The Morgan fingerprint density at radius 2 is 2.00 bits per heavy atom. The summed E-state index contributed by atoms with van der Waals surface area (Å²) in [5.74, 6) is 0.495. The van der Waals surface area contributed by atoms with E-state index in [-0.39, 0.29) is 5.75 Å². The van der Waals surface area contributed by atoms with Crippen LogP contribution >= 0.6 is 12.2 Å². The van der Waals surface area contributed by atoms with E-state index in [9.17, 15) is 8.42 Å². The number of nitrogens with two attached hydrogens (primary N) is 1. The van der Waals surface area contributed by atoms with Gasteiger partial charge in [-0.25, -0.2) is 12.7 Å². The predicted molar refractivity (Wildman–Crippen MR) is 71.9 cm³/mol. The smallest absolute Gasteiger partial charge is 0.214 e. The fourth-order valence-electron chi connectivity index (χ4n) is 1.37. The van der Waals surface area contributed by atoms with Crippen molar-refractivity contribution < 1.29 is 8.42 Å². The lowest BCUT2D eigenvalue weighted by atomic mass is 10.2. The first-order chi connectivity index (χ1) is 7.29. The maximum Gasteiger partial charge on any atom is 0.214 e. The van der Waals surface area contributed by atoms with Gasteiger partial charge < -0.3 is 5.73 Å². The van der Waals surface area contributed by atoms with E-state index in [1.54, 1.807) is 0 Å². The molecule has 16 heavy (non-hydrogen) atoms. The summed E-state index contributed by atoms with van der Waals surface area (Å²) in [5.41, 5.74) is 5.40. The Balaban J connectivity index is 4.59.